The van der Waals surface area contributed by atoms with Crippen molar-refractivity contribution in [3.8, 4) is 5.75 Å². The first-order valence-corrected chi connectivity index (χ1v) is 9.65. The molecule has 0 amide bonds. The summed E-state index contributed by atoms with van der Waals surface area (Å²) < 4.78 is 37.0. The standard InChI is InChI=1S/C7H11O10P3/c8-18(9,10)7(19(11,12)13)5-1-3-6(4-2-5)17-20(14,15)16/h1-4,7H,(H2,8,9,10)(H2,11,12,13)(H2,14,15,16). The van der Waals surface area contributed by atoms with Crippen LogP contribution >= 0.6 is 23.0 Å². The van der Waals surface area contributed by atoms with Gasteiger partial charge in [-0.05, 0) is 17.7 Å². The number of phosphoric acid groups is 1. The number of benzene rings is 1. The van der Waals surface area contributed by atoms with Crippen molar-refractivity contribution in [1.82, 2.24) is 0 Å². The average Bonchev–Trinajstić information content (AvgIpc) is 2.14. The molecule has 114 valence electrons. The summed E-state index contributed by atoms with van der Waals surface area (Å²) in [5, 5.41) is -2.35. The van der Waals surface area contributed by atoms with Crippen LogP contribution in [-0.4, -0.2) is 29.4 Å². The molecule has 0 bridgehead atoms. The molecule has 1 rings (SSSR count). The Kier molecular flexibility index (Phi) is 4.99. The van der Waals surface area contributed by atoms with Crippen LogP contribution in [0.3, 0.4) is 0 Å². The van der Waals surface area contributed by atoms with Gasteiger partial charge in [-0.25, -0.2) is 4.57 Å². The van der Waals surface area contributed by atoms with Gasteiger partial charge < -0.3 is 24.1 Å². The summed E-state index contributed by atoms with van der Waals surface area (Å²) in [5.41, 5.74) is -0.385. The topological polar surface area (TPSA) is 182 Å². The van der Waals surface area contributed by atoms with E-state index in [1.54, 1.807) is 0 Å². The third kappa shape index (κ3) is 5.10. The molecule has 0 saturated heterocycles. The fraction of sp³-hybridized carbons (Fsp3) is 0.143. The predicted octanol–water partition coefficient (Wildman–Crippen LogP) is 0.512. The van der Waals surface area contributed by atoms with Crippen molar-refractivity contribution in [3.05, 3.63) is 29.8 Å². The summed E-state index contributed by atoms with van der Waals surface area (Å²) >= 11 is 0. The first-order valence-electron chi connectivity index (χ1n) is 4.76. The van der Waals surface area contributed by atoms with Gasteiger partial charge in [-0.1, -0.05) is 12.1 Å². The van der Waals surface area contributed by atoms with Gasteiger partial charge in [-0.2, -0.15) is 0 Å². The van der Waals surface area contributed by atoms with Crippen LogP contribution in [0.25, 0.3) is 0 Å². The number of phosphoric ester groups is 1. The highest BCUT2D eigenvalue weighted by Crippen LogP contribution is 2.69. The van der Waals surface area contributed by atoms with Crippen molar-refractivity contribution in [2.45, 2.75) is 5.40 Å². The van der Waals surface area contributed by atoms with E-state index >= 15 is 0 Å². The van der Waals surface area contributed by atoms with E-state index in [-0.39, 0.29) is 11.3 Å². The third-order valence-electron chi connectivity index (χ3n) is 2.04. The molecule has 10 nitrogen and oxygen atoms in total. The average molecular weight is 348 g/mol. The van der Waals surface area contributed by atoms with E-state index in [4.69, 9.17) is 29.4 Å². The minimum atomic E-state index is -5.13. The highest BCUT2D eigenvalue weighted by molar-refractivity contribution is 7.70. The van der Waals surface area contributed by atoms with E-state index < -0.39 is 28.4 Å². The van der Waals surface area contributed by atoms with E-state index in [1.807, 2.05) is 0 Å². The van der Waals surface area contributed by atoms with Crippen LogP contribution < -0.4 is 4.52 Å². The molecule has 0 aliphatic carbocycles. The highest BCUT2D eigenvalue weighted by atomic mass is 31.2. The second kappa shape index (κ2) is 5.69. The zero-order valence-corrected chi connectivity index (χ0v) is 12.2. The molecule has 0 spiro atoms. The molecular formula is C7H11O10P3. The molecule has 0 fully saturated rings. The van der Waals surface area contributed by atoms with E-state index in [1.165, 1.54) is 0 Å². The maximum atomic E-state index is 11.1. The minimum Gasteiger partial charge on any atom is -0.404 e. The molecular weight excluding hydrogens is 337 g/mol. The Morgan fingerprint density at radius 1 is 0.800 bits per heavy atom. The molecule has 20 heavy (non-hydrogen) atoms. The first-order chi connectivity index (χ1) is 8.81. The first kappa shape index (κ1) is 17.5. The fourth-order valence-corrected chi connectivity index (χ4v) is 4.51. The molecule has 0 aliphatic heterocycles. The molecule has 0 atom stereocenters. The van der Waals surface area contributed by atoms with Gasteiger partial charge in [0.05, 0.1) is 0 Å². The molecule has 0 radical (unpaired) electrons. The van der Waals surface area contributed by atoms with Gasteiger partial charge in [0.25, 0.3) is 0 Å². The Labute approximate surface area is 112 Å². The summed E-state index contributed by atoms with van der Waals surface area (Å²) in [5.74, 6) is -0.322. The van der Waals surface area contributed by atoms with Crippen LogP contribution in [0.15, 0.2) is 24.3 Å². The van der Waals surface area contributed by atoms with Crippen molar-refractivity contribution in [2.24, 2.45) is 0 Å². The normalized spacial score (nSPS) is 13.6. The van der Waals surface area contributed by atoms with E-state index in [0.717, 1.165) is 24.3 Å². The molecule has 1 aromatic carbocycles. The molecule has 0 unspecified atom stereocenters. The van der Waals surface area contributed by atoms with Crippen molar-refractivity contribution < 1.29 is 47.6 Å². The van der Waals surface area contributed by atoms with Crippen LogP contribution in [0.1, 0.15) is 11.0 Å². The van der Waals surface area contributed by atoms with Gasteiger partial charge in [-0.15, -0.1) is 0 Å². The SMILES string of the molecule is O=P(O)(O)Oc1ccc(C(P(=O)(O)O)P(=O)(O)O)cc1. The van der Waals surface area contributed by atoms with Crippen LogP contribution in [0.5, 0.6) is 5.75 Å². The maximum Gasteiger partial charge on any atom is 0.524 e. The van der Waals surface area contributed by atoms with Crippen LogP contribution in [0.4, 0.5) is 0 Å². The lowest BCUT2D eigenvalue weighted by Gasteiger charge is -2.20. The molecule has 0 aromatic heterocycles. The monoisotopic (exact) mass is 348 g/mol. The number of hydrogen-bond acceptors (Lipinski definition) is 4. The van der Waals surface area contributed by atoms with Crippen molar-refractivity contribution in [1.29, 1.82) is 0 Å². The van der Waals surface area contributed by atoms with Crippen molar-refractivity contribution in [3.63, 3.8) is 0 Å². The van der Waals surface area contributed by atoms with E-state index in [9.17, 15) is 13.7 Å². The zero-order chi connectivity index (χ0) is 15.8. The number of hydrogen-bond donors (Lipinski definition) is 6. The molecule has 0 saturated carbocycles. The van der Waals surface area contributed by atoms with Gasteiger partial charge in [0.1, 0.15) is 5.75 Å². The fourth-order valence-electron chi connectivity index (χ4n) is 1.42. The number of rotatable bonds is 5. The second-order valence-corrected chi connectivity index (χ2v) is 8.66. The Bertz CT molecular complexity index is 584. The quantitative estimate of drug-likeness (QED) is 0.410. The largest absolute Gasteiger partial charge is 0.524 e. The molecule has 6 N–H and O–H groups in total. The van der Waals surface area contributed by atoms with Crippen LogP contribution in [-0.2, 0) is 13.7 Å². The minimum absolute atomic E-state index is 0.322. The smallest absolute Gasteiger partial charge is 0.404 e. The summed E-state index contributed by atoms with van der Waals surface area (Å²) in [6, 6.07) is 3.64. The third-order valence-corrected chi connectivity index (χ3v) is 6.16. The van der Waals surface area contributed by atoms with Crippen molar-refractivity contribution in [2.75, 3.05) is 0 Å². The van der Waals surface area contributed by atoms with Crippen LogP contribution in [0.2, 0.25) is 0 Å². The summed E-state index contributed by atoms with van der Waals surface area (Å²) in [6.07, 6.45) is 0. The Balaban J connectivity index is 3.17. The molecule has 0 heterocycles. The Hall–Kier alpha value is -0.530. The highest BCUT2D eigenvalue weighted by Gasteiger charge is 2.44. The van der Waals surface area contributed by atoms with Gasteiger partial charge in [0.2, 0.25) is 0 Å². The van der Waals surface area contributed by atoms with Gasteiger partial charge in [-0.3, -0.25) is 18.9 Å². The van der Waals surface area contributed by atoms with E-state index in [2.05, 4.69) is 4.52 Å². The zero-order valence-electron chi connectivity index (χ0n) is 9.54. The molecule has 13 heteroatoms. The maximum absolute atomic E-state index is 11.1. The van der Waals surface area contributed by atoms with E-state index in [0.29, 0.717) is 0 Å². The summed E-state index contributed by atoms with van der Waals surface area (Å²) in [6.45, 7) is 0. The Morgan fingerprint density at radius 3 is 1.50 bits per heavy atom. The predicted molar refractivity (Wildman–Crippen MR) is 65.9 cm³/mol. The molecule has 0 aliphatic rings. The Morgan fingerprint density at radius 2 is 1.20 bits per heavy atom. The lowest BCUT2D eigenvalue weighted by molar-refractivity contribution is 0.283. The van der Waals surface area contributed by atoms with Gasteiger partial charge in [0, 0.05) is 0 Å². The summed E-state index contributed by atoms with van der Waals surface area (Å²) in [4.78, 5) is 53.0. The van der Waals surface area contributed by atoms with Crippen LogP contribution in [0, 0.1) is 0 Å². The lowest BCUT2D eigenvalue weighted by atomic mass is 10.2. The summed E-state index contributed by atoms with van der Waals surface area (Å²) in [7, 11) is -15.1. The van der Waals surface area contributed by atoms with Crippen molar-refractivity contribution >= 4 is 23.0 Å². The van der Waals surface area contributed by atoms with Gasteiger partial charge >= 0.3 is 23.0 Å². The van der Waals surface area contributed by atoms with Gasteiger partial charge in [0.15, 0.2) is 5.40 Å². The lowest BCUT2D eigenvalue weighted by Crippen LogP contribution is -2.01. The second-order valence-electron chi connectivity index (χ2n) is 3.70. The molecule has 1 aromatic rings.